The van der Waals surface area contributed by atoms with E-state index in [-0.39, 0.29) is 37.0 Å². The van der Waals surface area contributed by atoms with E-state index in [1.54, 1.807) is 11.9 Å². The van der Waals surface area contributed by atoms with Gasteiger partial charge in [-0.25, -0.2) is 0 Å². The van der Waals surface area contributed by atoms with E-state index >= 15 is 0 Å². The van der Waals surface area contributed by atoms with Gasteiger partial charge in [0.2, 0.25) is 11.8 Å². The lowest BCUT2D eigenvalue weighted by Crippen LogP contribution is -2.47. The molecule has 0 radical (unpaired) electrons. The number of likely N-dealkylation sites (N-methyl/N-ethyl adjacent to an activating group) is 1. The summed E-state index contributed by atoms with van der Waals surface area (Å²) in [5, 5.41) is 2.89. The quantitative estimate of drug-likeness (QED) is 0.767. The fraction of sp³-hybridized carbons (Fsp3) is 0.556. The Kier molecular flexibility index (Phi) is 7.90. The van der Waals surface area contributed by atoms with Crippen LogP contribution in [0, 0.1) is 6.92 Å². The summed E-state index contributed by atoms with van der Waals surface area (Å²) in [4.78, 5) is 28.2. The van der Waals surface area contributed by atoms with Crippen LogP contribution in [0.15, 0.2) is 22.7 Å². The summed E-state index contributed by atoms with van der Waals surface area (Å²) in [5.74, 6) is -0.0912. The van der Waals surface area contributed by atoms with Crippen LogP contribution in [-0.4, -0.2) is 53.8 Å². The maximum absolute atomic E-state index is 12.4. The van der Waals surface area contributed by atoms with Gasteiger partial charge in [-0.1, -0.05) is 15.9 Å². The van der Waals surface area contributed by atoms with Crippen molar-refractivity contribution in [2.45, 2.75) is 46.7 Å². The molecule has 0 heterocycles. The molecule has 0 aliphatic heterocycles. The van der Waals surface area contributed by atoms with Crippen molar-refractivity contribution in [1.29, 1.82) is 0 Å². The topological polar surface area (TPSA) is 52.7 Å². The normalized spacial score (nSPS) is 11.2. The van der Waals surface area contributed by atoms with Gasteiger partial charge in [-0.3, -0.25) is 14.5 Å². The van der Waals surface area contributed by atoms with E-state index in [4.69, 9.17) is 0 Å². The first kappa shape index (κ1) is 20.6. The van der Waals surface area contributed by atoms with Crippen LogP contribution in [0.5, 0.6) is 0 Å². The van der Waals surface area contributed by atoms with Crippen LogP contribution in [0.25, 0.3) is 0 Å². The first-order chi connectivity index (χ1) is 11.1. The Hall–Kier alpha value is -1.40. The molecule has 0 fully saturated rings. The van der Waals surface area contributed by atoms with Gasteiger partial charge >= 0.3 is 0 Å². The fourth-order valence-electron chi connectivity index (χ4n) is 2.74. The third-order valence-electron chi connectivity index (χ3n) is 3.68. The number of aryl methyl sites for hydroxylation is 1. The number of nitrogens with zero attached hydrogens (tertiary/aromatic N) is 2. The third kappa shape index (κ3) is 6.24. The van der Waals surface area contributed by atoms with Gasteiger partial charge in [0.1, 0.15) is 0 Å². The van der Waals surface area contributed by atoms with Crippen molar-refractivity contribution < 1.29 is 9.59 Å². The van der Waals surface area contributed by atoms with Gasteiger partial charge in [0.15, 0.2) is 0 Å². The van der Waals surface area contributed by atoms with Gasteiger partial charge in [0.25, 0.3) is 0 Å². The Morgan fingerprint density at radius 2 is 1.71 bits per heavy atom. The smallest absolute Gasteiger partial charge is 0.238 e. The average molecular weight is 398 g/mol. The highest BCUT2D eigenvalue weighted by Crippen LogP contribution is 2.19. The molecular formula is C18H28BrN3O2. The molecule has 0 aliphatic carbocycles. The van der Waals surface area contributed by atoms with Crippen LogP contribution < -0.4 is 5.32 Å². The minimum absolute atomic E-state index is 0.0372. The molecule has 1 aromatic carbocycles. The highest BCUT2D eigenvalue weighted by Gasteiger charge is 2.21. The van der Waals surface area contributed by atoms with Crippen molar-refractivity contribution >= 4 is 33.4 Å². The second-order valence-corrected chi connectivity index (χ2v) is 7.58. The molecule has 1 rings (SSSR count). The molecule has 0 saturated heterocycles. The van der Waals surface area contributed by atoms with Crippen LogP contribution in [0.3, 0.4) is 0 Å². The van der Waals surface area contributed by atoms with Gasteiger partial charge in [-0.05, 0) is 65.4 Å². The molecule has 0 bridgehead atoms. The van der Waals surface area contributed by atoms with Crippen LogP contribution in [0.1, 0.15) is 33.3 Å². The van der Waals surface area contributed by atoms with E-state index in [9.17, 15) is 9.59 Å². The molecular weight excluding hydrogens is 370 g/mol. The standard InChI is InChI=1S/C18H28BrN3O2/c1-12(2)22(13(3)4)18(24)11-21(6)10-17(23)20-16-8-7-15(19)9-14(16)5/h7-9,12-13H,10-11H2,1-6H3,(H,20,23). The predicted molar refractivity (Wildman–Crippen MR) is 102 cm³/mol. The number of nitrogens with one attached hydrogen (secondary N) is 1. The molecule has 0 saturated carbocycles. The number of halogens is 1. The van der Waals surface area contributed by atoms with Gasteiger partial charge in [0.05, 0.1) is 13.1 Å². The minimum Gasteiger partial charge on any atom is -0.337 e. The highest BCUT2D eigenvalue weighted by molar-refractivity contribution is 9.10. The van der Waals surface area contributed by atoms with Gasteiger partial charge in [0, 0.05) is 22.2 Å². The summed E-state index contributed by atoms with van der Waals surface area (Å²) >= 11 is 3.40. The molecule has 1 aromatic rings. The van der Waals surface area contributed by atoms with Crippen molar-refractivity contribution in [3.63, 3.8) is 0 Å². The lowest BCUT2D eigenvalue weighted by atomic mass is 10.2. The molecule has 1 N–H and O–H groups in total. The first-order valence-electron chi connectivity index (χ1n) is 8.17. The van der Waals surface area contributed by atoms with E-state index in [0.29, 0.717) is 0 Å². The van der Waals surface area contributed by atoms with Crippen LogP contribution >= 0.6 is 15.9 Å². The number of carbonyl (C=O) groups excluding carboxylic acids is 2. The Morgan fingerprint density at radius 3 is 2.21 bits per heavy atom. The van der Waals surface area contributed by atoms with Crippen molar-refractivity contribution in [3.05, 3.63) is 28.2 Å². The molecule has 2 amide bonds. The lowest BCUT2D eigenvalue weighted by Gasteiger charge is -2.32. The number of benzene rings is 1. The van der Waals surface area contributed by atoms with Crippen molar-refractivity contribution in [2.24, 2.45) is 0 Å². The Morgan fingerprint density at radius 1 is 1.12 bits per heavy atom. The van der Waals surface area contributed by atoms with Crippen molar-refractivity contribution in [3.8, 4) is 0 Å². The summed E-state index contributed by atoms with van der Waals surface area (Å²) in [5.41, 5.74) is 1.77. The second kappa shape index (κ2) is 9.18. The zero-order valence-electron chi connectivity index (χ0n) is 15.4. The minimum atomic E-state index is -0.128. The van der Waals surface area contributed by atoms with Crippen molar-refractivity contribution in [1.82, 2.24) is 9.80 Å². The SMILES string of the molecule is Cc1cc(Br)ccc1NC(=O)CN(C)CC(=O)N(C(C)C)C(C)C. The molecule has 0 atom stereocenters. The number of amides is 2. The van der Waals surface area contributed by atoms with Crippen LogP contribution in [0.4, 0.5) is 5.69 Å². The number of carbonyl (C=O) groups is 2. The largest absolute Gasteiger partial charge is 0.337 e. The predicted octanol–water partition coefficient (Wildman–Crippen LogP) is 3.27. The highest BCUT2D eigenvalue weighted by atomic mass is 79.9. The molecule has 0 aliphatic rings. The number of hydrogen-bond acceptors (Lipinski definition) is 3. The van der Waals surface area contributed by atoms with E-state index in [1.807, 2.05) is 57.7 Å². The summed E-state index contributed by atoms with van der Waals surface area (Å²) in [7, 11) is 1.78. The van der Waals surface area contributed by atoms with Gasteiger partial charge < -0.3 is 10.2 Å². The summed E-state index contributed by atoms with van der Waals surface area (Å²) in [6, 6.07) is 5.99. The molecule has 0 aromatic heterocycles. The summed E-state index contributed by atoms with van der Waals surface area (Å²) < 4.78 is 0.975. The van der Waals surface area contributed by atoms with Gasteiger partial charge in [-0.2, -0.15) is 0 Å². The monoisotopic (exact) mass is 397 g/mol. The van der Waals surface area contributed by atoms with E-state index in [2.05, 4.69) is 21.2 Å². The van der Waals surface area contributed by atoms with E-state index in [1.165, 1.54) is 0 Å². The van der Waals surface area contributed by atoms with Crippen LogP contribution in [-0.2, 0) is 9.59 Å². The zero-order valence-corrected chi connectivity index (χ0v) is 17.0. The summed E-state index contributed by atoms with van der Waals surface area (Å²) in [6.45, 7) is 10.3. The second-order valence-electron chi connectivity index (χ2n) is 6.67. The third-order valence-corrected chi connectivity index (χ3v) is 4.18. The Labute approximate surface area is 153 Å². The molecule has 134 valence electrons. The zero-order chi connectivity index (χ0) is 18.4. The Bertz CT molecular complexity index is 580. The number of rotatable bonds is 7. The lowest BCUT2D eigenvalue weighted by molar-refractivity contribution is -0.135. The first-order valence-corrected chi connectivity index (χ1v) is 8.96. The van der Waals surface area contributed by atoms with Crippen LogP contribution in [0.2, 0.25) is 0 Å². The molecule has 24 heavy (non-hydrogen) atoms. The summed E-state index contributed by atoms with van der Waals surface area (Å²) in [6.07, 6.45) is 0. The van der Waals surface area contributed by atoms with Gasteiger partial charge in [-0.15, -0.1) is 0 Å². The maximum Gasteiger partial charge on any atom is 0.238 e. The fourth-order valence-corrected chi connectivity index (χ4v) is 3.22. The maximum atomic E-state index is 12.4. The molecule has 6 heteroatoms. The number of anilines is 1. The molecule has 5 nitrogen and oxygen atoms in total. The van der Waals surface area contributed by atoms with E-state index in [0.717, 1.165) is 15.7 Å². The molecule has 0 spiro atoms. The Balaban J connectivity index is 2.59. The van der Waals surface area contributed by atoms with E-state index < -0.39 is 0 Å². The average Bonchev–Trinajstić information content (AvgIpc) is 2.40. The number of hydrogen-bond donors (Lipinski definition) is 1. The van der Waals surface area contributed by atoms with Crippen molar-refractivity contribution in [2.75, 3.05) is 25.5 Å². The molecule has 0 unspecified atom stereocenters.